The van der Waals surface area contributed by atoms with Crippen LogP contribution in [0.2, 0.25) is 0 Å². The maximum atomic E-state index is 6.07. The minimum Gasteiger partial charge on any atom is -0.452 e. The molecule has 0 spiro atoms. The third kappa shape index (κ3) is 2.01. The molecule has 0 bridgehead atoms. The topological polar surface area (TPSA) is 12.5 Å². The molecular formula is C18H12BrNO. The molecule has 0 radical (unpaired) electrons. The molecule has 3 aromatic rings. The third-order valence-corrected chi connectivity index (χ3v) is 4.14. The van der Waals surface area contributed by atoms with Crippen LogP contribution in [-0.4, -0.2) is 0 Å². The van der Waals surface area contributed by atoms with Gasteiger partial charge in [0.25, 0.3) is 0 Å². The first-order chi connectivity index (χ1) is 10.3. The summed E-state index contributed by atoms with van der Waals surface area (Å²) >= 11 is 3.58. The van der Waals surface area contributed by atoms with E-state index in [4.69, 9.17) is 4.74 Å². The van der Waals surface area contributed by atoms with Gasteiger partial charge in [-0.3, -0.25) is 0 Å². The van der Waals surface area contributed by atoms with Crippen molar-refractivity contribution in [1.82, 2.24) is 0 Å². The largest absolute Gasteiger partial charge is 0.452 e. The average molecular weight is 338 g/mol. The summed E-state index contributed by atoms with van der Waals surface area (Å²) in [5.74, 6) is 1.71. The number of ether oxygens (including phenoxy) is 1. The summed E-state index contributed by atoms with van der Waals surface area (Å²) in [4.78, 5) is 2.22. The highest BCUT2D eigenvalue weighted by Crippen LogP contribution is 2.52. The van der Waals surface area contributed by atoms with E-state index in [-0.39, 0.29) is 0 Å². The molecule has 0 saturated heterocycles. The molecule has 0 unspecified atom stereocenters. The van der Waals surface area contributed by atoms with Crippen molar-refractivity contribution in [2.75, 3.05) is 4.90 Å². The minimum atomic E-state index is 0.847. The van der Waals surface area contributed by atoms with E-state index in [0.29, 0.717) is 0 Å². The highest BCUT2D eigenvalue weighted by atomic mass is 79.9. The number of benzene rings is 3. The van der Waals surface area contributed by atoms with Crippen LogP contribution in [-0.2, 0) is 0 Å². The molecular weight excluding hydrogens is 326 g/mol. The van der Waals surface area contributed by atoms with Crippen LogP contribution in [0.25, 0.3) is 0 Å². The molecule has 102 valence electrons. The number of nitrogens with zero attached hydrogens (tertiary/aromatic N) is 1. The second kappa shape index (κ2) is 4.93. The van der Waals surface area contributed by atoms with Crippen LogP contribution in [0.1, 0.15) is 0 Å². The Kier molecular flexibility index (Phi) is 2.93. The Bertz CT molecular complexity index is 801. The summed E-state index contributed by atoms with van der Waals surface area (Å²) in [6.45, 7) is 0. The van der Waals surface area contributed by atoms with Crippen molar-refractivity contribution in [3.05, 3.63) is 77.3 Å². The lowest BCUT2D eigenvalue weighted by molar-refractivity contribution is 0.474. The molecule has 21 heavy (non-hydrogen) atoms. The number of para-hydroxylation sites is 4. The van der Waals surface area contributed by atoms with E-state index in [9.17, 15) is 0 Å². The van der Waals surface area contributed by atoms with Gasteiger partial charge >= 0.3 is 0 Å². The molecule has 1 heterocycles. The van der Waals surface area contributed by atoms with E-state index in [1.54, 1.807) is 0 Å². The van der Waals surface area contributed by atoms with Crippen molar-refractivity contribution in [2.45, 2.75) is 0 Å². The number of rotatable bonds is 1. The van der Waals surface area contributed by atoms with Crippen LogP contribution in [0.4, 0.5) is 17.1 Å². The summed E-state index contributed by atoms with van der Waals surface area (Å²) in [6.07, 6.45) is 0. The predicted octanol–water partition coefficient (Wildman–Crippen LogP) is 6.02. The van der Waals surface area contributed by atoms with Crippen molar-refractivity contribution in [3.63, 3.8) is 0 Å². The van der Waals surface area contributed by atoms with Crippen LogP contribution in [0.15, 0.2) is 77.3 Å². The van der Waals surface area contributed by atoms with Crippen LogP contribution in [0.3, 0.4) is 0 Å². The summed E-state index contributed by atoms with van der Waals surface area (Å²) < 4.78 is 7.03. The monoisotopic (exact) mass is 337 g/mol. The quantitative estimate of drug-likeness (QED) is 0.420. The molecule has 0 fully saturated rings. The van der Waals surface area contributed by atoms with Gasteiger partial charge in [0.1, 0.15) is 0 Å². The highest BCUT2D eigenvalue weighted by Gasteiger charge is 2.26. The third-order valence-electron chi connectivity index (χ3n) is 3.52. The van der Waals surface area contributed by atoms with Crippen molar-refractivity contribution < 1.29 is 4.74 Å². The van der Waals surface area contributed by atoms with Gasteiger partial charge in [-0.05, 0) is 52.3 Å². The molecule has 4 rings (SSSR count). The van der Waals surface area contributed by atoms with Crippen molar-refractivity contribution in [3.8, 4) is 11.5 Å². The molecule has 3 heteroatoms. The van der Waals surface area contributed by atoms with Crippen LogP contribution in [0.5, 0.6) is 11.5 Å². The average Bonchev–Trinajstić information content (AvgIpc) is 2.54. The van der Waals surface area contributed by atoms with Gasteiger partial charge in [-0.2, -0.15) is 0 Å². The van der Waals surface area contributed by atoms with Gasteiger partial charge in [0, 0.05) is 5.69 Å². The first-order valence-corrected chi connectivity index (χ1v) is 7.54. The maximum absolute atomic E-state index is 6.07. The fraction of sp³-hybridized carbons (Fsp3) is 0. The number of hydrogen-bond acceptors (Lipinski definition) is 2. The van der Waals surface area contributed by atoms with Gasteiger partial charge in [-0.1, -0.05) is 36.4 Å². The smallest absolute Gasteiger partial charge is 0.165 e. The first-order valence-electron chi connectivity index (χ1n) is 6.75. The number of halogens is 1. The summed E-state index contributed by atoms with van der Waals surface area (Å²) in [6, 6.07) is 24.5. The molecule has 0 N–H and O–H groups in total. The predicted molar refractivity (Wildman–Crippen MR) is 88.9 cm³/mol. The van der Waals surface area contributed by atoms with Crippen LogP contribution < -0.4 is 9.64 Å². The van der Waals surface area contributed by atoms with Gasteiger partial charge in [0.05, 0.1) is 15.8 Å². The van der Waals surface area contributed by atoms with Gasteiger partial charge < -0.3 is 9.64 Å². The summed E-state index contributed by atoms with van der Waals surface area (Å²) in [5, 5.41) is 0. The van der Waals surface area contributed by atoms with Gasteiger partial charge in [-0.15, -0.1) is 0 Å². The molecule has 0 atom stereocenters. The minimum absolute atomic E-state index is 0.847. The standard InChI is InChI=1S/C18H12BrNO/c19-14-9-6-11-16-18(14)21-17-12-5-4-10-15(17)20(16)13-7-2-1-3-8-13/h1-12H. The summed E-state index contributed by atoms with van der Waals surface area (Å²) in [5.41, 5.74) is 3.20. The second-order valence-electron chi connectivity index (χ2n) is 4.83. The maximum Gasteiger partial charge on any atom is 0.165 e. The zero-order chi connectivity index (χ0) is 14.2. The van der Waals surface area contributed by atoms with E-state index in [0.717, 1.165) is 33.0 Å². The number of hydrogen-bond donors (Lipinski definition) is 0. The Morgan fingerprint density at radius 3 is 2.29 bits per heavy atom. The molecule has 0 aromatic heterocycles. The van der Waals surface area contributed by atoms with E-state index in [1.807, 2.05) is 48.5 Å². The second-order valence-corrected chi connectivity index (χ2v) is 5.68. The molecule has 0 saturated carbocycles. The lowest BCUT2D eigenvalue weighted by Crippen LogP contribution is -2.15. The normalized spacial score (nSPS) is 12.3. The van der Waals surface area contributed by atoms with Gasteiger partial charge in [-0.25, -0.2) is 0 Å². The fourth-order valence-corrected chi connectivity index (χ4v) is 3.03. The zero-order valence-corrected chi connectivity index (χ0v) is 12.7. The highest BCUT2D eigenvalue weighted by molar-refractivity contribution is 9.10. The van der Waals surface area contributed by atoms with E-state index >= 15 is 0 Å². The SMILES string of the molecule is Brc1cccc2c1Oc1ccccc1N2c1ccccc1. The molecule has 2 nitrogen and oxygen atoms in total. The van der Waals surface area contributed by atoms with Gasteiger partial charge in [0.2, 0.25) is 0 Å². The van der Waals surface area contributed by atoms with E-state index in [2.05, 4.69) is 45.1 Å². The summed E-state index contributed by atoms with van der Waals surface area (Å²) in [7, 11) is 0. The van der Waals surface area contributed by atoms with E-state index < -0.39 is 0 Å². The molecule has 1 aliphatic heterocycles. The van der Waals surface area contributed by atoms with Crippen LogP contribution >= 0.6 is 15.9 Å². The first kappa shape index (κ1) is 12.5. The number of anilines is 3. The van der Waals surface area contributed by atoms with Crippen molar-refractivity contribution in [1.29, 1.82) is 0 Å². The number of fused-ring (bicyclic) bond motifs is 2. The Hall–Kier alpha value is -2.26. The zero-order valence-electron chi connectivity index (χ0n) is 11.2. The Morgan fingerprint density at radius 2 is 1.43 bits per heavy atom. The molecule has 3 aromatic carbocycles. The molecule has 0 amide bonds. The Balaban J connectivity index is 2.00. The van der Waals surface area contributed by atoms with Crippen molar-refractivity contribution >= 4 is 33.0 Å². The fourth-order valence-electron chi connectivity index (χ4n) is 2.60. The Morgan fingerprint density at radius 1 is 0.714 bits per heavy atom. The molecule has 0 aliphatic carbocycles. The Labute approximate surface area is 131 Å². The molecule has 1 aliphatic rings. The van der Waals surface area contributed by atoms with Gasteiger partial charge in [0.15, 0.2) is 11.5 Å². The van der Waals surface area contributed by atoms with Crippen molar-refractivity contribution in [2.24, 2.45) is 0 Å². The van der Waals surface area contributed by atoms with E-state index in [1.165, 1.54) is 0 Å². The lowest BCUT2D eigenvalue weighted by atomic mass is 10.1. The lowest BCUT2D eigenvalue weighted by Gasteiger charge is -2.33. The van der Waals surface area contributed by atoms with Crippen LogP contribution in [0, 0.1) is 0 Å².